The van der Waals surface area contributed by atoms with Crippen LogP contribution >= 0.6 is 23.2 Å². The molecule has 0 aliphatic rings. The second-order valence-corrected chi connectivity index (χ2v) is 6.58. The zero-order valence-electron chi connectivity index (χ0n) is 14.3. The van der Waals surface area contributed by atoms with Crippen molar-refractivity contribution in [1.29, 1.82) is 0 Å². The highest BCUT2D eigenvalue weighted by Crippen LogP contribution is 2.32. The van der Waals surface area contributed by atoms with E-state index in [1.165, 1.54) is 23.1 Å². The van der Waals surface area contributed by atoms with E-state index in [2.05, 4.69) is 19.8 Å². The van der Waals surface area contributed by atoms with Gasteiger partial charge in [-0.2, -0.15) is 5.10 Å². The lowest BCUT2D eigenvalue weighted by atomic mass is 10.2. The van der Waals surface area contributed by atoms with E-state index in [4.69, 9.17) is 33.0 Å². The predicted octanol–water partition coefficient (Wildman–Crippen LogP) is 4.26. The third-order valence-corrected chi connectivity index (χ3v) is 4.30. The minimum atomic E-state index is -1.47. The normalized spacial score (nSPS) is 10.8. The largest absolute Gasteiger partial charge is 0.511 e. The zero-order valence-corrected chi connectivity index (χ0v) is 15.8. The summed E-state index contributed by atoms with van der Waals surface area (Å²) >= 11 is 12.0. The molecule has 0 spiro atoms. The number of rotatable bonds is 4. The number of hydrogen-bond acceptors (Lipinski definition) is 6. The van der Waals surface area contributed by atoms with Gasteiger partial charge in [0, 0.05) is 5.02 Å². The number of nitrogens with zero attached hydrogens (tertiary/aromatic N) is 3. The summed E-state index contributed by atoms with van der Waals surface area (Å²) in [7, 11) is 0. The molecule has 4 rings (SSSR count). The number of nitrogens with one attached hydrogen (secondary N) is 1. The van der Waals surface area contributed by atoms with Gasteiger partial charge < -0.3 is 14.6 Å². The van der Waals surface area contributed by atoms with Crippen LogP contribution in [0.1, 0.15) is 0 Å². The number of ether oxygens (including phenoxy) is 2. The molecule has 0 aliphatic carbocycles. The molecule has 2 aromatic carbocycles. The molecular formula is C18H10Cl2N4O5. The molecule has 0 radical (unpaired) electrons. The lowest BCUT2D eigenvalue weighted by Crippen LogP contribution is -2.13. The zero-order chi connectivity index (χ0) is 20.5. The van der Waals surface area contributed by atoms with Crippen LogP contribution < -0.4 is 15.0 Å². The van der Waals surface area contributed by atoms with Crippen LogP contribution in [-0.2, 0) is 0 Å². The van der Waals surface area contributed by atoms with Crippen molar-refractivity contribution in [3.05, 3.63) is 69.2 Å². The van der Waals surface area contributed by atoms with Crippen LogP contribution in [0.2, 0.25) is 10.0 Å². The van der Waals surface area contributed by atoms with E-state index in [9.17, 15) is 9.59 Å². The number of carboxylic acid groups (broad SMARTS) is 1. The van der Waals surface area contributed by atoms with Crippen LogP contribution in [-0.4, -0.2) is 31.0 Å². The van der Waals surface area contributed by atoms with Gasteiger partial charge in [0.1, 0.15) is 11.5 Å². The van der Waals surface area contributed by atoms with E-state index in [0.29, 0.717) is 27.1 Å². The average molecular weight is 433 g/mol. The monoisotopic (exact) mass is 432 g/mol. The lowest BCUT2D eigenvalue weighted by molar-refractivity contribution is 0.144. The minimum Gasteiger partial charge on any atom is -0.456 e. The predicted molar refractivity (Wildman–Crippen MR) is 105 cm³/mol. The maximum atomic E-state index is 12.5. The molecule has 0 saturated carbocycles. The molecule has 146 valence electrons. The summed E-state index contributed by atoms with van der Waals surface area (Å²) in [5, 5.41) is 13.6. The number of benzene rings is 2. The van der Waals surface area contributed by atoms with Gasteiger partial charge >= 0.3 is 6.16 Å². The Bertz CT molecular complexity index is 1300. The highest BCUT2D eigenvalue weighted by atomic mass is 35.5. The molecule has 0 bridgehead atoms. The van der Waals surface area contributed by atoms with E-state index in [1.807, 2.05) is 0 Å². The number of halogens is 2. The molecule has 0 fully saturated rings. The minimum absolute atomic E-state index is 0.0103. The Morgan fingerprint density at radius 3 is 2.72 bits per heavy atom. The molecule has 11 heteroatoms. The molecule has 4 aromatic rings. The van der Waals surface area contributed by atoms with E-state index in [-0.39, 0.29) is 17.1 Å². The summed E-state index contributed by atoms with van der Waals surface area (Å²) in [5.41, 5.74) is -0.0524. The second kappa shape index (κ2) is 7.46. The van der Waals surface area contributed by atoms with Crippen molar-refractivity contribution in [3.63, 3.8) is 0 Å². The molecule has 9 nitrogen and oxygen atoms in total. The van der Waals surface area contributed by atoms with Gasteiger partial charge in [0.2, 0.25) is 5.95 Å². The van der Waals surface area contributed by atoms with Gasteiger partial charge in [0.15, 0.2) is 5.75 Å². The Hall–Kier alpha value is -3.56. The van der Waals surface area contributed by atoms with Crippen LogP contribution in [0, 0.1) is 0 Å². The Morgan fingerprint density at radius 2 is 1.97 bits per heavy atom. The van der Waals surface area contributed by atoms with Crippen LogP contribution in [0.3, 0.4) is 0 Å². The van der Waals surface area contributed by atoms with E-state index in [1.54, 1.807) is 30.3 Å². The SMILES string of the molecule is O=C(O)Oc1cnn(-c2nc3ccc(Oc4ccc(Cl)cc4Cl)cc3c(=O)[nH]2)c1. The molecule has 0 aliphatic heterocycles. The summed E-state index contributed by atoms with van der Waals surface area (Å²) in [6, 6.07) is 9.56. The average Bonchev–Trinajstić information content (AvgIpc) is 3.12. The number of carbonyl (C=O) groups is 1. The van der Waals surface area contributed by atoms with Crippen molar-refractivity contribution < 1.29 is 19.4 Å². The van der Waals surface area contributed by atoms with E-state index < -0.39 is 11.7 Å². The number of aromatic amines is 1. The van der Waals surface area contributed by atoms with E-state index >= 15 is 0 Å². The molecule has 0 amide bonds. The summed E-state index contributed by atoms with van der Waals surface area (Å²) in [5.74, 6) is 0.859. The van der Waals surface area contributed by atoms with Gasteiger partial charge in [-0.05, 0) is 36.4 Å². The van der Waals surface area contributed by atoms with Crippen LogP contribution in [0.15, 0.2) is 53.6 Å². The van der Waals surface area contributed by atoms with Crippen molar-refractivity contribution in [2.45, 2.75) is 0 Å². The van der Waals surface area contributed by atoms with Crippen molar-refractivity contribution in [2.75, 3.05) is 0 Å². The maximum Gasteiger partial charge on any atom is 0.511 e. The number of aromatic nitrogens is 4. The van der Waals surface area contributed by atoms with Crippen molar-refractivity contribution >= 4 is 40.3 Å². The molecule has 0 atom stereocenters. The Kier molecular flexibility index (Phi) is 4.83. The first-order valence-corrected chi connectivity index (χ1v) is 8.77. The fraction of sp³-hybridized carbons (Fsp3) is 0. The first kappa shape index (κ1) is 18.8. The molecule has 2 N–H and O–H groups in total. The summed E-state index contributed by atoms with van der Waals surface area (Å²) < 4.78 is 11.4. The molecule has 0 unspecified atom stereocenters. The summed E-state index contributed by atoms with van der Waals surface area (Å²) in [6.45, 7) is 0. The van der Waals surface area contributed by atoms with Gasteiger partial charge in [0.25, 0.3) is 5.56 Å². The van der Waals surface area contributed by atoms with Crippen molar-refractivity contribution in [1.82, 2.24) is 19.7 Å². The quantitative estimate of drug-likeness (QED) is 0.462. The van der Waals surface area contributed by atoms with Gasteiger partial charge in [-0.25, -0.2) is 14.5 Å². The Morgan fingerprint density at radius 1 is 1.14 bits per heavy atom. The number of hydrogen-bond donors (Lipinski definition) is 2. The smallest absolute Gasteiger partial charge is 0.456 e. The molecule has 2 aromatic heterocycles. The number of fused-ring (bicyclic) bond motifs is 1. The molecule has 2 heterocycles. The first-order valence-electron chi connectivity index (χ1n) is 8.02. The van der Waals surface area contributed by atoms with Gasteiger partial charge in [-0.3, -0.25) is 9.78 Å². The second-order valence-electron chi connectivity index (χ2n) is 5.73. The molecular weight excluding hydrogens is 423 g/mol. The highest BCUT2D eigenvalue weighted by Gasteiger charge is 2.11. The fourth-order valence-electron chi connectivity index (χ4n) is 2.54. The Labute approximate surface area is 172 Å². The number of H-pyrrole nitrogens is 1. The molecule has 29 heavy (non-hydrogen) atoms. The van der Waals surface area contributed by atoms with Crippen molar-refractivity contribution in [2.24, 2.45) is 0 Å². The lowest BCUT2D eigenvalue weighted by Gasteiger charge is -2.09. The first-order chi connectivity index (χ1) is 13.9. The van der Waals surface area contributed by atoms with E-state index in [0.717, 1.165) is 0 Å². The van der Waals surface area contributed by atoms with Crippen LogP contribution in [0.4, 0.5) is 4.79 Å². The van der Waals surface area contributed by atoms with Gasteiger partial charge in [-0.15, -0.1) is 0 Å². The van der Waals surface area contributed by atoms with Crippen LogP contribution in [0.25, 0.3) is 16.9 Å². The summed E-state index contributed by atoms with van der Waals surface area (Å²) in [6.07, 6.45) is 0.987. The van der Waals surface area contributed by atoms with Gasteiger partial charge in [0.05, 0.1) is 28.3 Å². The maximum absolute atomic E-state index is 12.5. The van der Waals surface area contributed by atoms with Crippen molar-refractivity contribution in [3.8, 4) is 23.2 Å². The third-order valence-electron chi connectivity index (χ3n) is 3.77. The van der Waals surface area contributed by atoms with Crippen LogP contribution in [0.5, 0.6) is 17.2 Å². The molecule has 0 saturated heterocycles. The topological polar surface area (TPSA) is 119 Å². The third kappa shape index (κ3) is 4.00. The highest BCUT2D eigenvalue weighted by molar-refractivity contribution is 6.35. The standard InChI is InChI=1S/C18H10Cl2N4O5/c19-9-1-4-15(13(20)5-9)28-10-2-3-14-12(6-10)16(25)23-17(22-14)24-8-11(7-21-24)29-18(26)27/h1-8H,(H,26,27)(H,22,23,25). The summed E-state index contributed by atoms with van der Waals surface area (Å²) in [4.78, 5) is 30.0. The fourth-order valence-corrected chi connectivity index (χ4v) is 2.99. The van der Waals surface area contributed by atoms with Gasteiger partial charge in [-0.1, -0.05) is 23.2 Å². The Balaban J connectivity index is 1.67.